The van der Waals surface area contributed by atoms with Crippen molar-refractivity contribution in [2.75, 3.05) is 0 Å². The normalized spacial score (nSPS) is 11.1. The van der Waals surface area contributed by atoms with Crippen molar-refractivity contribution in [3.63, 3.8) is 0 Å². The first-order valence-corrected chi connectivity index (χ1v) is 7.45. The number of hydrogen-bond acceptors (Lipinski definition) is 5. The van der Waals surface area contributed by atoms with Crippen molar-refractivity contribution in [3.05, 3.63) is 51.4 Å². The van der Waals surface area contributed by atoms with E-state index in [0.29, 0.717) is 10.7 Å². The van der Waals surface area contributed by atoms with Crippen LogP contribution in [-0.4, -0.2) is 14.6 Å². The molecule has 0 bridgehead atoms. The van der Waals surface area contributed by atoms with E-state index in [4.69, 9.17) is 11.6 Å². The van der Waals surface area contributed by atoms with E-state index in [2.05, 4.69) is 10.1 Å². The molecule has 0 amide bonds. The first-order valence-electron chi connectivity index (χ1n) is 5.44. The summed E-state index contributed by atoms with van der Waals surface area (Å²) in [6.07, 6.45) is 0. The monoisotopic (exact) mass is 309 g/mol. The van der Waals surface area contributed by atoms with Crippen molar-refractivity contribution in [2.24, 2.45) is 0 Å². The smallest absolute Gasteiger partial charge is 0.266 e. The van der Waals surface area contributed by atoms with E-state index < -0.39 is 5.56 Å². The first kappa shape index (κ1) is 12.7. The molecule has 7 heteroatoms. The lowest BCUT2D eigenvalue weighted by atomic mass is 10.4. The van der Waals surface area contributed by atoms with Crippen LogP contribution in [0.5, 0.6) is 0 Å². The van der Waals surface area contributed by atoms with Crippen molar-refractivity contribution in [1.82, 2.24) is 14.6 Å². The summed E-state index contributed by atoms with van der Waals surface area (Å²) in [6.45, 7) is 1.76. The Kier molecular flexibility index (Phi) is 3.30. The number of halogens is 1. The van der Waals surface area contributed by atoms with Gasteiger partial charge in [0.1, 0.15) is 5.02 Å². The molecule has 96 valence electrons. The van der Waals surface area contributed by atoms with E-state index in [0.717, 1.165) is 9.24 Å². The Morgan fingerprint density at radius 1 is 1.32 bits per heavy atom. The van der Waals surface area contributed by atoms with Gasteiger partial charge < -0.3 is 0 Å². The minimum Gasteiger partial charge on any atom is -0.266 e. The Morgan fingerprint density at radius 2 is 2.05 bits per heavy atom. The third-order valence-corrected chi connectivity index (χ3v) is 4.91. The van der Waals surface area contributed by atoms with Gasteiger partial charge in [-0.2, -0.15) is 4.98 Å². The van der Waals surface area contributed by atoms with Crippen molar-refractivity contribution >= 4 is 39.7 Å². The van der Waals surface area contributed by atoms with Gasteiger partial charge in [0.25, 0.3) is 5.56 Å². The Bertz CT molecular complexity index is 798. The lowest BCUT2D eigenvalue weighted by Gasteiger charge is -1.97. The molecule has 0 saturated carbocycles. The van der Waals surface area contributed by atoms with Crippen LogP contribution in [0.1, 0.15) is 5.69 Å². The largest absolute Gasteiger partial charge is 0.293 e. The number of aromatic nitrogens is 3. The van der Waals surface area contributed by atoms with E-state index in [-0.39, 0.29) is 5.02 Å². The summed E-state index contributed by atoms with van der Waals surface area (Å²) in [5.74, 6) is 0. The molecule has 2 aromatic heterocycles. The van der Waals surface area contributed by atoms with Crippen LogP contribution in [0.2, 0.25) is 5.02 Å². The molecular formula is C12H8ClN3OS2. The van der Waals surface area contributed by atoms with E-state index in [9.17, 15) is 4.79 Å². The number of hydrogen-bond donors (Lipinski definition) is 0. The molecule has 1 aromatic carbocycles. The second-order valence-corrected chi connectivity index (χ2v) is 6.45. The lowest BCUT2D eigenvalue weighted by Crippen LogP contribution is -2.11. The Labute approximate surface area is 122 Å². The summed E-state index contributed by atoms with van der Waals surface area (Å²) in [6, 6.07) is 9.92. The average Bonchev–Trinajstić information content (AvgIpc) is 2.80. The van der Waals surface area contributed by atoms with Crippen molar-refractivity contribution in [1.29, 1.82) is 0 Å². The van der Waals surface area contributed by atoms with Crippen LogP contribution < -0.4 is 5.56 Å². The highest BCUT2D eigenvalue weighted by Crippen LogP contribution is 2.31. The maximum absolute atomic E-state index is 11.5. The lowest BCUT2D eigenvalue weighted by molar-refractivity contribution is 0.849. The molecule has 0 N–H and O–H groups in total. The van der Waals surface area contributed by atoms with Crippen molar-refractivity contribution in [3.8, 4) is 0 Å². The Hall–Kier alpha value is -1.37. The Balaban J connectivity index is 2.08. The van der Waals surface area contributed by atoms with Crippen LogP contribution in [0.15, 0.2) is 44.4 Å². The molecule has 0 aliphatic heterocycles. The highest BCUT2D eigenvalue weighted by atomic mass is 35.5. The molecule has 0 unspecified atom stereocenters. The quantitative estimate of drug-likeness (QED) is 0.729. The summed E-state index contributed by atoms with van der Waals surface area (Å²) < 4.78 is 2.43. The van der Waals surface area contributed by atoms with E-state index in [1.165, 1.54) is 23.1 Å². The predicted octanol–water partition coefficient (Wildman–Crippen LogP) is 3.26. The second kappa shape index (κ2) is 4.96. The van der Waals surface area contributed by atoms with Crippen LogP contribution in [0.3, 0.4) is 0 Å². The molecular weight excluding hydrogens is 302 g/mol. The van der Waals surface area contributed by atoms with Gasteiger partial charge in [0, 0.05) is 4.90 Å². The van der Waals surface area contributed by atoms with Crippen LogP contribution in [-0.2, 0) is 0 Å². The van der Waals surface area contributed by atoms with Gasteiger partial charge in [-0.15, -0.1) is 5.10 Å². The van der Waals surface area contributed by atoms with Gasteiger partial charge in [-0.25, -0.2) is 4.52 Å². The van der Waals surface area contributed by atoms with Gasteiger partial charge in [0.2, 0.25) is 4.96 Å². The number of rotatable bonds is 2. The van der Waals surface area contributed by atoms with Crippen LogP contribution in [0.25, 0.3) is 4.96 Å². The summed E-state index contributed by atoms with van der Waals surface area (Å²) in [5, 5.41) is 4.55. The molecule has 19 heavy (non-hydrogen) atoms. The van der Waals surface area contributed by atoms with Crippen molar-refractivity contribution in [2.45, 2.75) is 16.2 Å². The second-order valence-electron chi connectivity index (χ2n) is 3.79. The maximum Gasteiger partial charge on any atom is 0.293 e. The number of benzene rings is 1. The fourth-order valence-corrected chi connectivity index (χ4v) is 3.66. The van der Waals surface area contributed by atoms with Gasteiger partial charge in [-0.3, -0.25) is 4.79 Å². The summed E-state index contributed by atoms with van der Waals surface area (Å²) >= 11 is 8.80. The molecule has 0 aliphatic rings. The molecule has 0 fully saturated rings. The molecule has 3 aromatic rings. The minimum atomic E-state index is -0.404. The molecule has 0 saturated heterocycles. The zero-order valence-electron chi connectivity index (χ0n) is 9.83. The molecule has 4 nitrogen and oxygen atoms in total. The molecule has 3 rings (SSSR count). The van der Waals surface area contributed by atoms with Gasteiger partial charge in [0.05, 0.1) is 5.69 Å². The number of fused-ring (bicyclic) bond motifs is 1. The van der Waals surface area contributed by atoms with Gasteiger partial charge in [-0.1, -0.05) is 52.9 Å². The molecule has 0 aliphatic carbocycles. The molecule has 0 atom stereocenters. The standard InChI is InChI=1S/C12H8ClN3OS2/c1-7-9(13)10(17)14-11-16(7)15-12(19-11)18-8-5-3-2-4-6-8/h2-6H,1H3. The summed E-state index contributed by atoms with van der Waals surface area (Å²) in [7, 11) is 0. The Morgan fingerprint density at radius 3 is 2.79 bits per heavy atom. The first-order chi connectivity index (χ1) is 9.15. The third-order valence-electron chi connectivity index (χ3n) is 2.51. The SMILES string of the molecule is Cc1c(Cl)c(=O)nc2sc(Sc3ccccc3)nn12. The molecule has 0 spiro atoms. The third kappa shape index (κ3) is 2.39. The highest BCUT2D eigenvalue weighted by molar-refractivity contribution is 8.01. The highest BCUT2D eigenvalue weighted by Gasteiger charge is 2.12. The average molecular weight is 310 g/mol. The van der Waals surface area contributed by atoms with Crippen LogP contribution >= 0.6 is 34.7 Å². The van der Waals surface area contributed by atoms with E-state index in [1.807, 2.05) is 30.3 Å². The number of aryl methyl sites for hydroxylation is 1. The molecule has 2 heterocycles. The zero-order chi connectivity index (χ0) is 13.4. The molecule has 0 radical (unpaired) electrons. The van der Waals surface area contributed by atoms with E-state index in [1.54, 1.807) is 11.4 Å². The zero-order valence-corrected chi connectivity index (χ0v) is 12.2. The summed E-state index contributed by atoms with van der Waals surface area (Å²) in [4.78, 5) is 17.1. The van der Waals surface area contributed by atoms with Crippen molar-refractivity contribution < 1.29 is 0 Å². The number of nitrogens with zero attached hydrogens (tertiary/aromatic N) is 3. The van der Waals surface area contributed by atoms with Crippen LogP contribution in [0.4, 0.5) is 0 Å². The summed E-state index contributed by atoms with van der Waals surface area (Å²) in [5.41, 5.74) is 0.215. The fourth-order valence-electron chi connectivity index (χ4n) is 1.57. The van der Waals surface area contributed by atoms with Gasteiger partial charge in [-0.05, 0) is 19.1 Å². The van der Waals surface area contributed by atoms with E-state index >= 15 is 0 Å². The predicted molar refractivity (Wildman–Crippen MR) is 77.4 cm³/mol. The minimum absolute atomic E-state index is 0.124. The maximum atomic E-state index is 11.5. The topological polar surface area (TPSA) is 47.3 Å². The van der Waals surface area contributed by atoms with Crippen LogP contribution in [0, 0.1) is 6.92 Å². The van der Waals surface area contributed by atoms with Gasteiger partial charge in [0.15, 0.2) is 4.34 Å². The fraction of sp³-hybridized carbons (Fsp3) is 0.0833. The van der Waals surface area contributed by atoms with Gasteiger partial charge >= 0.3 is 0 Å².